The molecule has 2 heterocycles. The van der Waals surface area contributed by atoms with Crippen LogP contribution in [0.2, 0.25) is 5.02 Å². The van der Waals surface area contributed by atoms with Crippen molar-refractivity contribution in [3.05, 3.63) is 39.4 Å². The lowest BCUT2D eigenvalue weighted by molar-refractivity contribution is 0.0696. The van der Waals surface area contributed by atoms with Crippen molar-refractivity contribution in [1.82, 2.24) is 9.97 Å². The highest BCUT2D eigenvalue weighted by molar-refractivity contribution is 7.09. The van der Waals surface area contributed by atoms with Crippen molar-refractivity contribution < 1.29 is 9.90 Å². The molecule has 0 unspecified atom stereocenters. The van der Waals surface area contributed by atoms with E-state index in [4.69, 9.17) is 16.7 Å². The molecule has 7 heteroatoms. The molecule has 0 saturated carbocycles. The summed E-state index contributed by atoms with van der Waals surface area (Å²) < 4.78 is 0. The Morgan fingerprint density at radius 2 is 2.33 bits per heavy atom. The number of aromatic nitrogens is 2. The van der Waals surface area contributed by atoms with Gasteiger partial charge in [0.25, 0.3) is 0 Å². The molecule has 2 aromatic heterocycles. The third kappa shape index (κ3) is 3.18. The third-order valence-corrected chi connectivity index (χ3v) is 3.33. The molecule has 2 N–H and O–H groups in total. The molecule has 0 aliphatic heterocycles. The van der Waals surface area contributed by atoms with E-state index in [1.807, 2.05) is 5.38 Å². The van der Waals surface area contributed by atoms with E-state index in [1.54, 1.807) is 17.5 Å². The predicted molar refractivity (Wildman–Crippen MR) is 70.5 cm³/mol. The fourth-order valence-corrected chi connectivity index (χ4v) is 2.20. The van der Waals surface area contributed by atoms with Gasteiger partial charge in [-0.2, -0.15) is 0 Å². The minimum Gasteiger partial charge on any atom is -0.478 e. The van der Waals surface area contributed by atoms with Crippen LogP contribution in [0.15, 0.2) is 23.8 Å². The van der Waals surface area contributed by atoms with Crippen LogP contribution in [-0.4, -0.2) is 27.6 Å². The Hall–Kier alpha value is -1.66. The first-order valence-corrected chi connectivity index (χ1v) is 6.43. The summed E-state index contributed by atoms with van der Waals surface area (Å²) in [6.45, 7) is 0.645. The molecule has 0 aromatic carbocycles. The first-order valence-electron chi connectivity index (χ1n) is 5.18. The summed E-state index contributed by atoms with van der Waals surface area (Å²) in [5, 5.41) is 15.1. The standard InChI is InChI=1S/C11H10ClN3O2S/c12-8-5-7(11(16)17)6-15-10(8)14-2-1-9-13-3-4-18-9/h3-6H,1-2H2,(H,14,15)(H,16,17). The molecule has 0 atom stereocenters. The van der Waals surface area contributed by atoms with Crippen LogP contribution in [0.25, 0.3) is 0 Å². The van der Waals surface area contributed by atoms with Gasteiger partial charge in [-0.1, -0.05) is 11.6 Å². The number of carboxylic acid groups (broad SMARTS) is 1. The maximum absolute atomic E-state index is 10.7. The number of thiazole rings is 1. The molecule has 0 saturated heterocycles. The Kier molecular flexibility index (Phi) is 4.11. The van der Waals surface area contributed by atoms with Gasteiger partial charge >= 0.3 is 5.97 Å². The zero-order valence-corrected chi connectivity index (χ0v) is 10.8. The van der Waals surface area contributed by atoms with Gasteiger partial charge in [0.2, 0.25) is 0 Å². The SMILES string of the molecule is O=C(O)c1cnc(NCCc2nccs2)c(Cl)c1. The van der Waals surface area contributed by atoms with Crippen molar-refractivity contribution in [3.8, 4) is 0 Å². The predicted octanol–water partition coefficient (Wildman–Crippen LogP) is 2.54. The van der Waals surface area contributed by atoms with Crippen LogP contribution in [0, 0.1) is 0 Å². The second-order valence-corrected chi connectivity index (χ2v) is 4.85. The number of carboxylic acids is 1. The van der Waals surface area contributed by atoms with Crippen LogP contribution in [0.1, 0.15) is 15.4 Å². The molecule has 2 aromatic rings. The first kappa shape index (κ1) is 12.8. The molecule has 18 heavy (non-hydrogen) atoms. The number of aromatic carboxylic acids is 1. The molecule has 0 fully saturated rings. The molecule has 5 nitrogen and oxygen atoms in total. The second-order valence-electron chi connectivity index (χ2n) is 3.46. The minimum atomic E-state index is -1.04. The van der Waals surface area contributed by atoms with Gasteiger partial charge in [0, 0.05) is 30.7 Å². The number of hydrogen-bond acceptors (Lipinski definition) is 5. The molecular weight excluding hydrogens is 274 g/mol. The topological polar surface area (TPSA) is 75.1 Å². The molecule has 94 valence electrons. The number of pyridine rings is 1. The van der Waals surface area contributed by atoms with E-state index >= 15 is 0 Å². The summed E-state index contributed by atoms with van der Waals surface area (Å²) in [6, 6.07) is 1.38. The first-order chi connectivity index (χ1) is 8.66. The molecule has 2 rings (SSSR count). The molecule has 0 spiro atoms. The molecular formula is C11H10ClN3O2S. The Morgan fingerprint density at radius 3 is 2.94 bits per heavy atom. The molecule has 0 aliphatic rings. The normalized spacial score (nSPS) is 10.3. The maximum Gasteiger partial charge on any atom is 0.337 e. The smallest absolute Gasteiger partial charge is 0.337 e. The highest BCUT2D eigenvalue weighted by Crippen LogP contribution is 2.20. The van der Waals surface area contributed by atoms with E-state index < -0.39 is 5.97 Å². The van der Waals surface area contributed by atoms with E-state index in [9.17, 15) is 4.79 Å². The van der Waals surface area contributed by atoms with Crippen molar-refractivity contribution in [2.45, 2.75) is 6.42 Å². The number of halogens is 1. The molecule has 0 radical (unpaired) electrons. The van der Waals surface area contributed by atoms with Crippen LogP contribution in [0.4, 0.5) is 5.82 Å². The van der Waals surface area contributed by atoms with Gasteiger partial charge in [-0.3, -0.25) is 0 Å². The molecule has 0 aliphatic carbocycles. The van der Waals surface area contributed by atoms with Gasteiger partial charge in [0.15, 0.2) is 0 Å². The number of hydrogen-bond donors (Lipinski definition) is 2. The van der Waals surface area contributed by atoms with Crippen LogP contribution in [0.3, 0.4) is 0 Å². The molecule has 0 bridgehead atoms. The minimum absolute atomic E-state index is 0.0745. The van der Waals surface area contributed by atoms with Gasteiger partial charge in [-0.25, -0.2) is 14.8 Å². The number of anilines is 1. The van der Waals surface area contributed by atoms with Crippen LogP contribution in [-0.2, 0) is 6.42 Å². The largest absolute Gasteiger partial charge is 0.478 e. The summed E-state index contributed by atoms with van der Waals surface area (Å²) in [6.07, 6.45) is 3.81. The van der Waals surface area contributed by atoms with Crippen LogP contribution in [0.5, 0.6) is 0 Å². The van der Waals surface area contributed by atoms with Gasteiger partial charge in [-0.05, 0) is 6.07 Å². The van der Waals surface area contributed by atoms with Gasteiger partial charge < -0.3 is 10.4 Å². The summed E-state index contributed by atoms with van der Waals surface area (Å²) >= 11 is 7.52. The van der Waals surface area contributed by atoms with Crippen molar-refractivity contribution in [1.29, 1.82) is 0 Å². The summed E-state index contributed by atoms with van der Waals surface area (Å²) in [5.74, 6) is -0.558. The van der Waals surface area contributed by atoms with Gasteiger partial charge in [0.05, 0.1) is 15.6 Å². The lowest BCUT2D eigenvalue weighted by Gasteiger charge is -2.06. The highest BCUT2D eigenvalue weighted by atomic mass is 35.5. The number of carbonyl (C=O) groups is 1. The Labute approximate surface area is 112 Å². The van der Waals surface area contributed by atoms with Gasteiger partial charge in [0.1, 0.15) is 5.82 Å². The monoisotopic (exact) mass is 283 g/mol. The lowest BCUT2D eigenvalue weighted by Crippen LogP contribution is -2.07. The van der Waals surface area contributed by atoms with E-state index in [0.717, 1.165) is 11.4 Å². The summed E-state index contributed by atoms with van der Waals surface area (Å²) in [4.78, 5) is 18.8. The Bertz CT molecular complexity index is 545. The number of nitrogens with zero attached hydrogens (tertiary/aromatic N) is 2. The zero-order valence-electron chi connectivity index (χ0n) is 9.26. The van der Waals surface area contributed by atoms with Crippen molar-refractivity contribution in [3.63, 3.8) is 0 Å². The van der Waals surface area contributed by atoms with Crippen LogP contribution >= 0.6 is 22.9 Å². The fraction of sp³-hybridized carbons (Fsp3) is 0.182. The Balaban J connectivity index is 1.95. The van der Waals surface area contributed by atoms with E-state index in [0.29, 0.717) is 17.4 Å². The second kappa shape index (κ2) is 5.79. The third-order valence-electron chi connectivity index (χ3n) is 2.20. The van der Waals surface area contributed by atoms with Crippen molar-refractivity contribution in [2.24, 2.45) is 0 Å². The maximum atomic E-state index is 10.7. The average Bonchev–Trinajstić information content (AvgIpc) is 2.84. The Morgan fingerprint density at radius 1 is 1.50 bits per heavy atom. The zero-order chi connectivity index (χ0) is 13.0. The number of nitrogens with one attached hydrogen (secondary N) is 1. The van der Waals surface area contributed by atoms with E-state index in [-0.39, 0.29) is 5.56 Å². The fourth-order valence-electron chi connectivity index (χ4n) is 1.35. The summed E-state index contributed by atoms with van der Waals surface area (Å²) in [5.41, 5.74) is 0.0745. The van der Waals surface area contributed by atoms with Crippen molar-refractivity contribution >= 4 is 34.7 Å². The lowest BCUT2D eigenvalue weighted by atomic mass is 10.3. The highest BCUT2D eigenvalue weighted by Gasteiger charge is 2.08. The number of rotatable bonds is 5. The van der Waals surface area contributed by atoms with Gasteiger partial charge in [-0.15, -0.1) is 11.3 Å². The van der Waals surface area contributed by atoms with Crippen LogP contribution < -0.4 is 5.32 Å². The summed E-state index contributed by atoms with van der Waals surface area (Å²) in [7, 11) is 0. The quantitative estimate of drug-likeness (QED) is 0.882. The van der Waals surface area contributed by atoms with Crippen molar-refractivity contribution in [2.75, 3.05) is 11.9 Å². The average molecular weight is 284 g/mol. The molecule has 0 amide bonds. The van der Waals surface area contributed by atoms with E-state index in [1.165, 1.54) is 12.3 Å². The van der Waals surface area contributed by atoms with E-state index in [2.05, 4.69) is 15.3 Å².